The van der Waals surface area contributed by atoms with Crippen LogP contribution in [0.3, 0.4) is 0 Å². The minimum atomic E-state index is -4.15. The van der Waals surface area contributed by atoms with Crippen LogP contribution >= 0.6 is 0 Å². The fourth-order valence-corrected chi connectivity index (χ4v) is 2.84. The largest absolute Gasteiger partial charge is 0.496 e. The molecule has 2 aromatic carbocycles. The van der Waals surface area contributed by atoms with Crippen molar-refractivity contribution in [2.24, 2.45) is 0 Å². The van der Waals surface area contributed by atoms with Crippen LogP contribution in [0.1, 0.15) is 26.3 Å². The number of hydrazine groups is 1. The lowest BCUT2D eigenvalue weighted by Gasteiger charge is -2.11. The van der Waals surface area contributed by atoms with Crippen molar-refractivity contribution < 1.29 is 27.9 Å². The molecule has 2 rings (SSSR count). The number of amides is 1. The number of carboxylic acid groups (broad SMARTS) is 1. The molecule has 0 bridgehead atoms. The van der Waals surface area contributed by atoms with E-state index >= 15 is 0 Å². The van der Waals surface area contributed by atoms with E-state index in [9.17, 15) is 18.0 Å². The number of aryl methyl sites for hydroxylation is 1. The van der Waals surface area contributed by atoms with Gasteiger partial charge in [-0.25, -0.2) is 13.2 Å². The van der Waals surface area contributed by atoms with Crippen molar-refractivity contribution in [2.45, 2.75) is 11.8 Å². The smallest absolute Gasteiger partial charge is 0.339 e. The maximum atomic E-state index is 12.2. The topological polar surface area (TPSA) is 122 Å². The molecular formula is C16H16N2O6S. The summed E-state index contributed by atoms with van der Waals surface area (Å²) < 4.78 is 29.3. The maximum Gasteiger partial charge on any atom is 0.339 e. The second-order valence-corrected chi connectivity index (χ2v) is 6.78. The normalized spacial score (nSPS) is 11.0. The molecule has 0 spiro atoms. The van der Waals surface area contributed by atoms with Crippen LogP contribution in [-0.2, 0) is 10.0 Å². The summed E-state index contributed by atoms with van der Waals surface area (Å²) in [5.74, 6) is -1.96. The zero-order chi connectivity index (χ0) is 18.6. The Balaban J connectivity index is 2.19. The summed E-state index contributed by atoms with van der Waals surface area (Å²) in [4.78, 5) is 24.7. The van der Waals surface area contributed by atoms with Crippen molar-refractivity contribution in [3.63, 3.8) is 0 Å². The number of methoxy groups -OCH3 is 1. The van der Waals surface area contributed by atoms with Crippen LogP contribution < -0.4 is 15.0 Å². The molecule has 0 saturated carbocycles. The lowest BCUT2D eigenvalue weighted by molar-refractivity contribution is 0.0692. The van der Waals surface area contributed by atoms with E-state index in [1.54, 1.807) is 24.3 Å². The van der Waals surface area contributed by atoms with Crippen molar-refractivity contribution in [3.05, 3.63) is 59.2 Å². The molecule has 3 N–H and O–H groups in total. The van der Waals surface area contributed by atoms with Crippen LogP contribution in [0.15, 0.2) is 47.4 Å². The molecular weight excluding hydrogens is 348 g/mol. The van der Waals surface area contributed by atoms with Gasteiger partial charge in [-0.2, -0.15) is 0 Å². The second-order valence-electron chi connectivity index (χ2n) is 5.09. The van der Waals surface area contributed by atoms with Gasteiger partial charge in [-0.3, -0.25) is 10.2 Å². The molecule has 0 fully saturated rings. The summed E-state index contributed by atoms with van der Waals surface area (Å²) >= 11 is 0. The van der Waals surface area contributed by atoms with Crippen LogP contribution in [-0.4, -0.2) is 32.5 Å². The molecule has 0 aliphatic rings. The van der Waals surface area contributed by atoms with Gasteiger partial charge in [-0.1, -0.05) is 17.7 Å². The Morgan fingerprint density at radius 3 is 2.28 bits per heavy atom. The molecule has 0 aliphatic carbocycles. The molecule has 0 radical (unpaired) electrons. The van der Waals surface area contributed by atoms with Gasteiger partial charge in [0.05, 0.1) is 12.0 Å². The molecule has 0 aromatic heterocycles. The Morgan fingerprint density at radius 1 is 1.08 bits per heavy atom. The minimum absolute atomic E-state index is 0.0233. The standard InChI is InChI=1S/C16H16N2O6S/c1-10-3-5-11(6-4-10)15(19)17-18-25(22,23)12-7-8-14(24-2)13(9-12)16(20)21/h3-9,18H,1-2H3,(H,17,19)(H,20,21). The first kappa shape index (κ1) is 18.4. The fraction of sp³-hybridized carbons (Fsp3) is 0.125. The van der Waals surface area contributed by atoms with E-state index in [-0.39, 0.29) is 21.8 Å². The van der Waals surface area contributed by atoms with Crippen LogP contribution in [0.2, 0.25) is 0 Å². The lowest BCUT2D eigenvalue weighted by Crippen LogP contribution is -2.41. The Bertz CT molecular complexity index is 907. The van der Waals surface area contributed by atoms with Gasteiger partial charge in [0.25, 0.3) is 15.9 Å². The fourth-order valence-electron chi connectivity index (χ4n) is 1.97. The number of nitrogens with one attached hydrogen (secondary N) is 2. The quantitative estimate of drug-likeness (QED) is 0.665. The van der Waals surface area contributed by atoms with E-state index in [0.29, 0.717) is 0 Å². The minimum Gasteiger partial charge on any atom is -0.496 e. The summed E-state index contributed by atoms with van der Waals surface area (Å²) in [6, 6.07) is 9.87. The first-order valence-corrected chi connectivity index (χ1v) is 8.53. The third-order valence-corrected chi connectivity index (χ3v) is 4.57. The van der Waals surface area contributed by atoms with Crippen molar-refractivity contribution >= 4 is 21.9 Å². The molecule has 2 aromatic rings. The Hall–Kier alpha value is -2.91. The van der Waals surface area contributed by atoms with Crippen LogP contribution in [0.25, 0.3) is 0 Å². The summed E-state index contributed by atoms with van der Waals surface area (Å²) in [7, 11) is -2.88. The maximum absolute atomic E-state index is 12.2. The van der Waals surface area contributed by atoms with Crippen LogP contribution in [0.5, 0.6) is 5.75 Å². The number of ether oxygens (including phenoxy) is 1. The van der Waals surface area contributed by atoms with Crippen molar-refractivity contribution in [3.8, 4) is 5.75 Å². The number of aromatic carboxylic acids is 1. The number of rotatable bonds is 6. The molecule has 8 nitrogen and oxygen atoms in total. The van der Waals surface area contributed by atoms with Crippen LogP contribution in [0.4, 0.5) is 0 Å². The summed E-state index contributed by atoms with van der Waals surface area (Å²) in [5, 5.41) is 9.11. The zero-order valence-electron chi connectivity index (χ0n) is 13.4. The first-order valence-electron chi connectivity index (χ1n) is 7.05. The van der Waals surface area contributed by atoms with Gasteiger partial charge in [0.2, 0.25) is 0 Å². The zero-order valence-corrected chi connectivity index (χ0v) is 14.3. The molecule has 0 saturated heterocycles. The Morgan fingerprint density at radius 2 is 1.72 bits per heavy atom. The average Bonchev–Trinajstić information content (AvgIpc) is 2.59. The first-order chi connectivity index (χ1) is 11.7. The van der Waals surface area contributed by atoms with Gasteiger partial charge in [0.1, 0.15) is 11.3 Å². The highest BCUT2D eigenvalue weighted by Crippen LogP contribution is 2.22. The van der Waals surface area contributed by atoms with Gasteiger partial charge >= 0.3 is 5.97 Å². The molecule has 0 heterocycles. The molecule has 0 unspecified atom stereocenters. The van der Waals surface area contributed by atoms with E-state index < -0.39 is 21.9 Å². The number of carbonyl (C=O) groups excluding carboxylic acids is 1. The molecule has 25 heavy (non-hydrogen) atoms. The molecule has 0 atom stereocenters. The van der Waals surface area contributed by atoms with E-state index in [4.69, 9.17) is 9.84 Å². The second kappa shape index (κ2) is 7.32. The van der Waals surface area contributed by atoms with E-state index in [1.165, 1.54) is 19.2 Å². The molecule has 9 heteroatoms. The monoisotopic (exact) mass is 364 g/mol. The number of benzene rings is 2. The molecule has 1 amide bonds. The van der Waals surface area contributed by atoms with Gasteiger partial charge in [-0.15, -0.1) is 4.83 Å². The van der Waals surface area contributed by atoms with E-state index in [2.05, 4.69) is 5.43 Å². The van der Waals surface area contributed by atoms with Crippen molar-refractivity contribution in [1.29, 1.82) is 0 Å². The van der Waals surface area contributed by atoms with E-state index in [0.717, 1.165) is 11.6 Å². The summed E-state index contributed by atoms with van der Waals surface area (Å²) in [6.07, 6.45) is 0. The molecule has 132 valence electrons. The van der Waals surface area contributed by atoms with E-state index in [1.807, 2.05) is 11.8 Å². The number of sulfonamides is 1. The van der Waals surface area contributed by atoms with Gasteiger partial charge < -0.3 is 9.84 Å². The number of carboxylic acids is 1. The average molecular weight is 364 g/mol. The highest BCUT2D eigenvalue weighted by Gasteiger charge is 2.20. The SMILES string of the molecule is COc1ccc(S(=O)(=O)NNC(=O)c2ccc(C)cc2)cc1C(=O)O. The Labute approximate surface area is 144 Å². The molecule has 0 aliphatic heterocycles. The number of hydrogen-bond donors (Lipinski definition) is 3. The summed E-state index contributed by atoms with van der Waals surface area (Å²) in [6.45, 7) is 1.86. The number of hydrogen-bond acceptors (Lipinski definition) is 5. The number of carbonyl (C=O) groups is 2. The van der Waals surface area contributed by atoms with Gasteiger partial charge in [0, 0.05) is 5.56 Å². The van der Waals surface area contributed by atoms with Crippen molar-refractivity contribution in [2.75, 3.05) is 7.11 Å². The highest BCUT2D eigenvalue weighted by atomic mass is 32.2. The predicted octanol–water partition coefficient (Wildman–Crippen LogP) is 1.33. The van der Waals surface area contributed by atoms with Gasteiger partial charge in [0.15, 0.2) is 0 Å². The van der Waals surface area contributed by atoms with Crippen LogP contribution in [0, 0.1) is 6.92 Å². The van der Waals surface area contributed by atoms with Crippen molar-refractivity contribution in [1.82, 2.24) is 10.3 Å². The highest BCUT2D eigenvalue weighted by molar-refractivity contribution is 7.89. The predicted molar refractivity (Wildman–Crippen MR) is 88.9 cm³/mol. The third-order valence-electron chi connectivity index (χ3n) is 3.32. The van der Waals surface area contributed by atoms with Gasteiger partial charge in [-0.05, 0) is 37.3 Å². The Kier molecular flexibility index (Phi) is 5.40. The lowest BCUT2D eigenvalue weighted by atomic mass is 10.1. The third kappa shape index (κ3) is 4.34. The summed E-state index contributed by atoms with van der Waals surface area (Å²) in [5.41, 5.74) is 3.00.